The number of aliphatic hydroxyl groups is 1. The first kappa shape index (κ1) is 10.5. The van der Waals surface area contributed by atoms with E-state index in [0.717, 1.165) is 17.8 Å². The summed E-state index contributed by atoms with van der Waals surface area (Å²) >= 11 is 3.55. The number of thioether (sulfide) groups is 1. The van der Waals surface area contributed by atoms with Crippen molar-refractivity contribution in [3.8, 4) is 0 Å². The van der Waals surface area contributed by atoms with Crippen LogP contribution in [-0.4, -0.2) is 27.2 Å². The fourth-order valence-electron chi connectivity index (χ4n) is 1.73. The highest BCUT2D eigenvalue weighted by molar-refractivity contribution is 8.00. The number of aliphatic hydroxyl groups excluding tert-OH is 1. The molecule has 78 valence electrons. The van der Waals surface area contributed by atoms with E-state index < -0.39 is 0 Å². The summed E-state index contributed by atoms with van der Waals surface area (Å²) < 4.78 is 0. The molecule has 0 saturated carbocycles. The molecule has 2 rings (SSSR count). The molecular weight excluding hydrogens is 214 g/mol. The van der Waals surface area contributed by atoms with Crippen LogP contribution in [0, 0.1) is 0 Å². The molecule has 2 nitrogen and oxygen atoms in total. The van der Waals surface area contributed by atoms with Crippen molar-refractivity contribution in [2.24, 2.45) is 0 Å². The van der Waals surface area contributed by atoms with Crippen LogP contribution >= 0.6 is 23.1 Å². The Labute approximate surface area is 92.8 Å². The van der Waals surface area contributed by atoms with Gasteiger partial charge in [0.2, 0.25) is 0 Å². The first-order valence-electron chi connectivity index (χ1n) is 5.04. The minimum atomic E-state index is -0.202. The maximum Gasteiger partial charge on any atom is 0.0951 e. The van der Waals surface area contributed by atoms with Crippen LogP contribution in [0.15, 0.2) is 11.6 Å². The molecule has 0 radical (unpaired) electrons. The Bertz CT molecular complexity index is 257. The second-order valence-electron chi connectivity index (χ2n) is 3.60. The van der Waals surface area contributed by atoms with Crippen molar-refractivity contribution in [1.82, 2.24) is 4.98 Å². The molecule has 1 saturated heterocycles. The normalized spacial score (nSPS) is 24.8. The van der Waals surface area contributed by atoms with Crippen molar-refractivity contribution in [3.05, 3.63) is 16.6 Å². The zero-order valence-electron chi connectivity index (χ0n) is 8.06. The van der Waals surface area contributed by atoms with E-state index >= 15 is 0 Å². The number of aromatic nitrogens is 1. The van der Waals surface area contributed by atoms with Gasteiger partial charge in [0.15, 0.2) is 0 Å². The van der Waals surface area contributed by atoms with E-state index in [0.29, 0.717) is 5.25 Å². The lowest BCUT2D eigenvalue weighted by molar-refractivity contribution is 0.166. The molecule has 0 bridgehead atoms. The van der Waals surface area contributed by atoms with Crippen molar-refractivity contribution in [2.45, 2.75) is 37.0 Å². The van der Waals surface area contributed by atoms with Crippen LogP contribution in [0.3, 0.4) is 0 Å². The Balaban J connectivity index is 1.85. The quantitative estimate of drug-likeness (QED) is 0.863. The van der Waals surface area contributed by atoms with Crippen LogP contribution in [0.4, 0.5) is 0 Å². The summed E-state index contributed by atoms with van der Waals surface area (Å²) in [5, 5.41) is 13.5. The average Bonchev–Trinajstić information content (AvgIpc) is 2.72. The molecule has 1 aromatic rings. The van der Waals surface area contributed by atoms with Gasteiger partial charge < -0.3 is 5.11 Å². The van der Waals surface area contributed by atoms with E-state index in [2.05, 4.69) is 4.98 Å². The van der Waals surface area contributed by atoms with Gasteiger partial charge in [0.1, 0.15) is 0 Å². The van der Waals surface area contributed by atoms with E-state index in [1.54, 1.807) is 17.5 Å². The SMILES string of the molecule is OC(Cc1nccs1)C1CCCCS1. The van der Waals surface area contributed by atoms with Gasteiger partial charge in [0.25, 0.3) is 0 Å². The molecule has 2 unspecified atom stereocenters. The summed E-state index contributed by atoms with van der Waals surface area (Å²) in [5.74, 6) is 1.21. The third-order valence-electron chi connectivity index (χ3n) is 2.51. The van der Waals surface area contributed by atoms with Gasteiger partial charge in [-0.15, -0.1) is 11.3 Å². The van der Waals surface area contributed by atoms with Crippen LogP contribution in [0.5, 0.6) is 0 Å². The fraction of sp³-hybridized carbons (Fsp3) is 0.700. The maximum atomic E-state index is 9.99. The molecular formula is C10H15NOS2. The summed E-state index contributed by atoms with van der Waals surface area (Å²) in [6.07, 6.45) is 6.08. The highest BCUT2D eigenvalue weighted by atomic mass is 32.2. The minimum Gasteiger partial charge on any atom is -0.392 e. The average molecular weight is 229 g/mol. The van der Waals surface area contributed by atoms with E-state index in [-0.39, 0.29) is 6.10 Å². The van der Waals surface area contributed by atoms with Crippen LogP contribution in [0.1, 0.15) is 24.3 Å². The topological polar surface area (TPSA) is 33.1 Å². The van der Waals surface area contributed by atoms with Crippen molar-refractivity contribution < 1.29 is 5.11 Å². The molecule has 1 aliphatic heterocycles. The molecule has 2 atom stereocenters. The Morgan fingerprint density at radius 2 is 2.50 bits per heavy atom. The number of hydrogen-bond donors (Lipinski definition) is 1. The zero-order chi connectivity index (χ0) is 9.80. The van der Waals surface area contributed by atoms with Gasteiger partial charge in [-0.2, -0.15) is 11.8 Å². The lowest BCUT2D eigenvalue weighted by atomic mass is 10.1. The second kappa shape index (κ2) is 5.14. The predicted octanol–water partition coefficient (Wildman–Crippen LogP) is 2.33. The third-order valence-corrected chi connectivity index (χ3v) is 4.82. The number of thiazole rings is 1. The molecule has 0 spiro atoms. The maximum absolute atomic E-state index is 9.99. The van der Waals surface area contributed by atoms with E-state index in [9.17, 15) is 5.11 Å². The molecule has 14 heavy (non-hydrogen) atoms. The lowest BCUT2D eigenvalue weighted by Crippen LogP contribution is -2.27. The third kappa shape index (κ3) is 2.72. The largest absolute Gasteiger partial charge is 0.392 e. The summed E-state index contributed by atoms with van der Waals surface area (Å²) in [6, 6.07) is 0. The molecule has 0 amide bonds. The molecule has 1 N–H and O–H groups in total. The zero-order valence-corrected chi connectivity index (χ0v) is 9.69. The van der Waals surface area contributed by atoms with E-state index in [4.69, 9.17) is 0 Å². The molecule has 0 aliphatic carbocycles. The first-order valence-corrected chi connectivity index (χ1v) is 6.97. The fourth-order valence-corrected chi connectivity index (χ4v) is 3.73. The van der Waals surface area contributed by atoms with Crippen LogP contribution in [0.2, 0.25) is 0 Å². The molecule has 0 aromatic carbocycles. The Morgan fingerprint density at radius 1 is 1.57 bits per heavy atom. The molecule has 1 aliphatic rings. The Kier molecular flexibility index (Phi) is 3.84. The van der Waals surface area contributed by atoms with Crippen LogP contribution in [-0.2, 0) is 6.42 Å². The minimum absolute atomic E-state index is 0.202. The number of nitrogens with zero attached hydrogens (tertiary/aromatic N) is 1. The molecule has 1 aromatic heterocycles. The van der Waals surface area contributed by atoms with Crippen molar-refractivity contribution in [2.75, 3.05) is 5.75 Å². The van der Waals surface area contributed by atoms with Gasteiger partial charge >= 0.3 is 0 Å². The van der Waals surface area contributed by atoms with Gasteiger partial charge in [0, 0.05) is 23.2 Å². The second-order valence-corrected chi connectivity index (χ2v) is 5.93. The van der Waals surface area contributed by atoms with Crippen molar-refractivity contribution in [3.63, 3.8) is 0 Å². The summed E-state index contributed by atoms with van der Waals surface area (Å²) in [4.78, 5) is 4.20. The molecule has 4 heteroatoms. The number of rotatable bonds is 3. The smallest absolute Gasteiger partial charge is 0.0951 e. The summed E-state index contributed by atoms with van der Waals surface area (Å²) in [6.45, 7) is 0. The van der Waals surface area contributed by atoms with Gasteiger partial charge in [0.05, 0.1) is 11.1 Å². The van der Waals surface area contributed by atoms with Gasteiger partial charge in [-0.05, 0) is 18.6 Å². The van der Waals surface area contributed by atoms with E-state index in [1.165, 1.54) is 18.6 Å². The van der Waals surface area contributed by atoms with Crippen LogP contribution in [0.25, 0.3) is 0 Å². The summed E-state index contributed by atoms with van der Waals surface area (Å²) in [5.41, 5.74) is 0. The molecule has 2 heterocycles. The first-order chi connectivity index (χ1) is 6.86. The summed E-state index contributed by atoms with van der Waals surface area (Å²) in [7, 11) is 0. The van der Waals surface area contributed by atoms with E-state index in [1.807, 2.05) is 17.1 Å². The Hall–Kier alpha value is -0.0600. The monoisotopic (exact) mass is 229 g/mol. The predicted molar refractivity (Wildman–Crippen MR) is 61.9 cm³/mol. The van der Waals surface area contributed by atoms with Gasteiger partial charge in [-0.25, -0.2) is 4.98 Å². The van der Waals surface area contributed by atoms with Gasteiger partial charge in [-0.1, -0.05) is 6.42 Å². The lowest BCUT2D eigenvalue weighted by Gasteiger charge is -2.25. The van der Waals surface area contributed by atoms with Crippen molar-refractivity contribution >= 4 is 23.1 Å². The van der Waals surface area contributed by atoms with Crippen LogP contribution < -0.4 is 0 Å². The standard InChI is InChI=1S/C10H15NOS2/c12-8(7-10-11-4-6-14-10)9-3-1-2-5-13-9/h4,6,8-9,12H,1-3,5,7H2. The van der Waals surface area contributed by atoms with Gasteiger partial charge in [-0.3, -0.25) is 0 Å². The highest BCUT2D eigenvalue weighted by Crippen LogP contribution is 2.29. The Morgan fingerprint density at radius 3 is 3.14 bits per heavy atom. The highest BCUT2D eigenvalue weighted by Gasteiger charge is 2.22. The van der Waals surface area contributed by atoms with Crippen molar-refractivity contribution in [1.29, 1.82) is 0 Å². The number of hydrogen-bond acceptors (Lipinski definition) is 4. The molecule has 1 fully saturated rings.